The van der Waals surface area contributed by atoms with Crippen molar-refractivity contribution in [3.63, 3.8) is 0 Å². The number of amides is 3. The average molecular weight is 679 g/mol. The van der Waals surface area contributed by atoms with Gasteiger partial charge in [0.2, 0.25) is 0 Å². The molecule has 0 unspecified atom stereocenters. The summed E-state index contributed by atoms with van der Waals surface area (Å²) in [6.07, 6.45) is 1.39. The van der Waals surface area contributed by atoms with E-state index in [-0.39, 0.29) is 30.3 Å². The number of ether oxygens (including phenoxy) is 5. The Labute approximate surface area is 282 Å². The first-order chi connectivity index (χ1) is 23.1. The van der Waals surface area contributed by atoms with Gasteiger partial charge in [0, 0.05) is 16.3 Å². The molecule has 0 saturated carbocycles. The molecular formula is C34H35ClN4O9. The van der Waals surface area contributed by atoms with Gasteiger partial charge in [0.15, 0.2) is 18.1 Å². The molecule has 3 N–H and O–H groups in total. The summed E-state index contributed by atoms with van der Waals surface area (Å²) in [4.78, 5) is 49.3. The Bertz CT molecular complexity index is 1720. The first-order valence-corrected chi connectivity index (χ1v) is 15.3. The van der Waals surface area contributed by atoms with E-state index in [0.29, 0.717) is 39.8 Å². The Kier molecular flexibility index (Phi) is 12.4. The highest BCUT2D eigenvalue weighted by Gasteiger charge is 2.32. The summed E-state index contributed by atoms with van der Waals surface area (Å²) >= 11 is 6.18. The largest absolute Gasteiger partial charge is 0.493 e. The SMILES string of the molecule is CCOC(=O)C1=C(C)NC(=O)N[C@H]1c1ccc(OCC(=O)N/N=C/c2cc(Cl)ccc2OCc2ccc(C(=O)OCC)cc2)c(OC)c1. The fourth-order valence-corrected chi connectivity index (χ4v) is 4.80. The van der Waals surface area contributed by atoms with E-state index in [1.54, 1.807) is 81.4 Å². The van der Waals surface area contributed by atoms with E-state index in [1.807, 2.05) is 0 Å². The minimum atomic E-state index is -0.796. The van der Waals surface area contributed by atoms with Gasteiger partial charge in [-0.3, -0.25) is 4.79 Å². The summed E-state index contributed by atoms with van der Waals surface area (Å²) in [6.45, 7) is 5.32. The van der Waals surface area contributed by atoms with Crippen LogP contribution in [-0.2, 0) is 25.7 Å². The lowest BCUT2D eigenvalue weighted by atomic mass is 9.95. The third kappa shape index (κ3) is 9.26. The molecule has 0 aromatic heterocycles. The van der Waals surface area contributed by atoms with Gasteiger partial charge < -0.3 is 34.3 Å². The number of hydrogen-bond donors (Lipinski definition) is 3. The first kappa shape index (κ1) is 35.3. The predicted octanol–water partition coefficient (Wildman–Crippen LogP) is 4.82. The van der Waals surface area contributed by atoms with Crippen molar-refractivity contribution in [3.8, 4) is 17.2 Å². The van der Waals surface area contributed by atoms with Gasteiger partial charge in [-0.2, -0.15) is 5.10 Å². The van der Waals surface area contributed by atoms with Gasteiger partial charge in [0.05, 0.1) is 43.7 Å². The molecule has 1 heterocycles. The van der Waals surface area contributed by atoms with E-state index in [9.17, 15) is 19.2 Å². The van der Waals surface area contributed by atoms with Gasteiger partial charge in [-0.15, -0.1) is 0 Å². The van der Waals surface area contributed by atoms with Crippen LogP contribution in [0.3, 0.4) is 0 Å². The van der Waals surface area contributed by atoms with Crippen molar-refractivity contribution in [2.75, 3.05) is 26.9 Å². The van der Waals surface area contributed by atoms with Gasteiger partial charge >= 0.3 is 18.0 Å². The number of nitrogens with zero attached hydrogens (tertiary/aromatic N) is 1. The summed E-state index contributed by atoms with van der Waals surface area (Å²) in [5.74, 6) is -0.532. The van der Waals surface area contributed by atoms with Gasteiger partial charge in [-0.25, -0.2) is 19.8 Å². The number of hydrogen-bond acceptors (Lipinski definition) is 10. The van der Waals surface area contributed by atoms with E-state index in [0.717, 1.165) is 5.56 Å². The van der Waals surface area contributed by atoms with Crippen LogP contribution < -0.4 is 30.3 Å². The highest BCUT2D eigenvalue weighted by Crippen LogP contribution is 2.34. The van der Waals surface area contributed by atoms with Gasteiger partial charge in [-0.1, -0.05) is 29.8 Å². The van der Waals surface area contributed by atoms with E-state index >= 15 is 0 Å². The van der Waals surface area contributed by atoms with E-state index in [4.69, 9.17) is 35.3 Å². The van der Waals surface area contributed by atoms with Crippen molar-refractivity contribution in [1.29, 1.82) is 0 Å². The smallest absolute Gasteiger partial charge is 0.338 e. The molecule has 3 aromatic rings. The van der Waals surface area contributed by atoms with E-state index < -0.39 is 36.5 Å². The number of carbonyl (C=O) groups excluding carboxylic acids is 4. The molecule has 4 rings (SSSR count). The van der Waals surface area contributed by atoms with Crippen molar-refractivity contribution >= 4 is 41.7 Å². The standard InChI is InChI=1S/C34H35ClN4O9/c1-5-45-32(41)22-9-7-21(8-10-22)18-47-26-14-12-25(35)15-24(26)17-36-39-29(40)19-48-27-13-11-23(16-28(27)44-4)31-30(33(42)46-6-2)20(3)37-34(43)38-31/h7-17,31H,5-6,18-19H2,1-4H3,(H,39,40)(H2,37,38,43)/b36-17+/t31-/m0/s1. The van der Waals surface area contributed by atoms with Crippen LogP contribution in [0.1, 0.15) is 53.9 Å². The van der Waals surface area contributed by atoms with Gasteiger partial charge in [0.25, 0.3) is 5.91 Å². The molecular weight excluding hydrogens is 644 g/mol. The summed E-state index contributed by atoms with van der Waals surface area (Å²) in [5, 5.41) is 9.76. The van der Waals surface area contributed by atoms with Crippen LogP contribution in [0.4, 0.5) is 4.79 Å². The molecule has 14 heteroatoms. The Hall–Kier alpha value is -5.56. The fraction of sp³-hybridized carbons (Fsp3) is 0.265. The van der Waals surface area contributed by atoms with Crippen LogP contribution in [0, 0.1) is 0 Å². The maximum atomic E-state index is 12.6. The summed E-state index contributed by atoms with van der Waals surface area (Å²) in [5.41, 5.74) is 5.34. The Balaban J connectivity index is 1.36. The normalized spacial score (nSPS) is 14.1. The number of halogens is 1. The number of benzene rings is 3. The van der Waals surface area contributed by atoms with Crippen LogP contribution in [0.25, 0.3) is 0 Å². The number of esters is 2. The lowest BCUT2D eigenvalue weighted by Crippen LogP contribution is -2.45. The van der Waals surface area contributed by atoms with Crippen molar-refractivity contribution in [2.45, 2.75) is 33.4 Å². The third-order valence-electron chi connectivity index (χ3n) is 6.87. The second kappa shape index (κ2) is 16.8. The van der Waals surface area contributed by atoms with Crippen molar-refractivity contribution < 1.29 is 42.9 Å². The Morgan fingerprint density at radius 3 is 2.33 bits per heavy atom. The average Bonchev–Trinajstić information content (AvgIpc) is 3.07. The zero-order valence-electron chi connectivity index (χ0n) is 26.8. The van der Waals surface area contributed by atoms with Crippen LogP contribution in [0.2, 0.25) is 5.02 Å². The molecule has 0 radical (unpaired) electrons. The summed E-state index contributed by atoms with van der Waals surface area (Å²) in [7, 11) is 1.42. The summed E-state index contributed by atoms with van der Waals surface area (Å²) in [6, 6.07) is 15.4. The minimum Gasteiger partial charge on any atom is -0.493 e. The fourth-order valence-electron chi connectivity index (χ4n) is 4.62. The summed E-state index contributed by atoms with van der Waals surface area (Å²) < 4.78 is 27.2. The predicted molar refractivity (Wildman–Crippen MR) is 176 cm³/mol. The number of allylic oxidation sites excluding steroid dienone is 1. The Morgan fingerprint density at radius 2 is 1.62 bits per heavy atom. The molecule has 1 aliphatic rings. The zero-order chi connectivity index (χ0) is 34.6. The van der Waals surface area contributed by atoms with Crippen molar-refractivity contribution in [3.05, 3.63) is 99.2 Å². The van der Waals surface area contributed by atoms with Gasteiger partial charge in [-0.05, 0) is 74.4 Å². The zero-order valence-corrected chi connectivity index (χ0v) is 27.5. The first-order valence-electron chi connectivity index (χ1n) is 14.9. The van der Waals surface area contributed by atoms with E-state index in [2.05, 4.69) is 21.2 Å². The number of carbonyl (C=O) groups is 4. The molecule has 3 amide bonds. The maximum absolute atomic E-state index is 12.6. The van der Waals surface area contributed by atoms with Gasteiger partial charge in [0.1, 0.15) is 12.4 Å². The van der Waals surface area contributed by atoms with Crippen LogP contribution in [0.15, 0.2) is 77.0 Å². The van der Waals surface area contributed by atoms with E-state index in [1.165, 1.54) is 13.3 Å². The molecule has 1 aliphatic heterocycles. The molecule has 0 aliphatic carbocycles. The van der Waals surface area contributed by atoms with Crippen LogP contribution in [-0.4, -0.2) is 57.0 Å². The number of urea groups is 1. The topological polar surface area (TPSA) is 163 Å². The lowest BCUT2D eigenvalue weighted by Gasteiger charge is -2.28. The van der Waals surface area contributed by atoms with Crippen LogP contribution in [0.5, 0.6) is 17.2 Å². The van der Waals surface area contributed by atoms with Crippen molar-refractivity contribution in [1.82, 2.24) is 16.1 Å². The molecule has 3 aromatic carbocycles. The number of methoxy groups -OCH3 is 1. The molecule has 13 nitrogen and oxygen atoms in total. The number of hydrazone groups is 1. The number of nitrogens with one attached hydrogen (secondary N) is 3. The molecule has 0 saturated heterocycles. The number of rotatable bonds is 14. The molecule has 1 atom stereocenters. The van der Waals surface area contributed by atoms with Crippen LogP contribution >= 0.6 is 11.6 Å². The highest BCUT2D eigenvalue weighted by molar-refractivity contribution is 6.30. The molecule has 48 heavy (non-hydrogen) atoms. The molecule has 252 valence electrons. The maximum Gasteiger partial charge on any atom is 0.338 e. The molecule has 0 bridgehead atoms. The highest BCUT2D eigenvalue weighted by atomic mass is 35.5. The second-order valence-electron chi connectivity index (χ2n) is 10.2. The Morgan fingerprint density at radius 1 is 0.917 bits per heavy atom. The monoisotopic (exact) mass is 678 g/mol. The third-order valence-corrected chi connectivity index (χ3v) is 7.10. The second-order valence-corrected chi connectivity index (χ2v) is 10.6. The quantitative estimate of drug-likeness (QED) is 0.123. The minimum absolute atomic E-state index is 0.169. The molecule has 0 fully saturated rings. The molecule has 0 spiro atoms. The lowest BCUT2D eigenvalue weighted by molar-refractivity contribution is -0.139. The van der Waals surface area contributed by atoms with Crippen molar-refractivity contribution in [2.24, 2.45) is 5.10 Å².